The highest BCUT2D eigenvalue weighted by Gasteiger charge is 2.21. The highest BCUT2D eigenvalue weighted by Crippen LogP contribution is 2.22. The first-order valence-corrected chi connectivity index (χ1v) is 9.99. The maximum absolute atomic E-state index is 12.6. The topological polar surface area (TPSA) is 74.5 Å². The van der Waals surface area contributed by atoms with Crippen molar-refractivity contribution in [2.24, 2.45) is 0 Å². The number of benzene rings is 2. The molecule has 1 fully saturated rings. The smallest absolute Gasteiger partial charge is 0.321 e. The van der Waals surface area contributed by atoms with E-state index < -0.39 is 0 Å². The number of hydrogen-bond donors (Lipinski definition) is 1. The minimum absolute atomic E-state index is 0.101. The standard InChI is InChI=1S/C21H22ClN5O2/c1-2-19-24-20(25-29-19)15-6-8-17(9-7-15)23-21(28)27-12-10-26(11-13-27)18-5-3-4-16(22)14-18/h3-9,14H,2,10-13H2,1H3,(H,23,28). The van der Waals surface area contributed by atoms with Gasteiger partial charge in [-0.05, 0) is 42.5 Å². The summed E-state index contributed by atoms with van der Waals surface area (Å²) in [6, 6.07) is 15.1. The molecule has 2 heterocycles. The zero-order valence-corrected chi connectivity index (χ0v) is 16.9. The number of anilines is 2. The Morgan fingerprint density at radius 1 is 1.14 bits per heavy atom. The van der Waals surface area contributed by atoms with Crippen molar-refractivity contribution in [1.82, 2.24) is 15.0 Å². The van der Waals surface area contributed by atoms with E-state index in [1.807, 2.05) is 60.4 Å². The van der Waals surface area contributed by atoms with Gasteiger partial charge in [-0.25, -0.2) is 4.79 Å². The second-order valence-electron chi connectivity index (χ2n) is 6.83. The number of nitrogens with one attached hydrogen (secondary N) is 1. The van der Waals surface area contributed by atoms with Crippen LogP contribution in [0.3, 0.4) is 0 Å². The van der Waals surface area contributed by atoms with E-state index in [1.165, 1.54) is 0 Å². The monoisotopic (exact) mass is 411 g/mol. The fourth-order valence-corrected chi connectivity index (χ4v) is 3.45. The Bertz CT molecular complexity index is 981. The fraction of sp³-hybridized carbons (Fsp3) is 0.286. The molecule has 150 valence electrons. The van der Waals surface area contributed by atoms with Crippen LogP contribution in [0.25, 0.3) is 11.4 Å². The van der Waals surface area contributed by atoms with E-state index in [0.717, 1.165) is 35.1 Å². The second kappa shape index (κ2) is 8.53. The summed E-state index contributed by atoms with van der Waals surface area (Å²) in [5, 5.41) is 7.64. The van der Waals surface area contributed by atoms with Crippen LogP contribution >= 0.6 is 11.6 Å². The molecule has 0 radical (unpaired) electrons. The van der Waals surface area contributed by atoms with Gasteiger partial charge >= 0.3 is 6.03 Å². The summed E-state index contributed by atoms with van der Waals surface area (Å²) in [6.45, 7) is 4.80. The van der Waals surface area contributed by atoms with E-state index in [-0.39, 0.29) is 6.03 Å². The molecule has 1 aromatic heterocycles. The summed E-state index contributed by atoms with van der Waals surface area (Å²) in [6.07, 6.45) is 0.700. The number of amides is 2. The van der Waals surface area contributed by atoms with Crippen LogP contribution in [0.5, 0.6) is 0 Å². The van der Waals surface area contributed by atoms with Gasteiger partial charge in [0.25, 0.3) is 0 Å². The van der Waals surface area contributed by atoms with E-state index in [2.05, 4.69) is 20.4 Å². The van der Waals surface area contributed by atoms with Crippen LogP contribution in [0, 0.1) is 0 Å². The molecular formula is C21H22ClN5O2. The van der Waals surface area contributed by atoms with Crippen molar-refractivity contribution < 1.29 is 9.32 Å². The molecule has 0 unspecified atom stereocenters. The zero-order chi connectivity index (χ0) is 20.2. The van der Waals surface area contributed by atoms with Gasteiger partial charge in [0.2, 0.25) is 11.7 Å². The first-order valence-electron chi connectivity index (χ1n) is 9.62. The molecule has 7 nitrogen and oxygen atoms in total. The molecule has 1 aliphatic rings. The van der Waals surface area contributed by atoms with Gasteiger partial charge in [0.1, 0.15) is 0 Å². The van der Waals surface area contributed by atoms with Crippen LogP contribution in [0.2, 0.25) is 5.02 Å². The average Bonchev–Trinajstić information content (AvgIpc) is 3.24. The minimum Gasteiger partial charge on any atom is -0.368 e. The Morgan fingerprint density at radius 2 is 1.90 bits per heavy atom. The molecule has 1 aliphatic heterocycles. The summed E-state index contributed by atoms with van der Waals surface area (Å²) < 4.78 is 5.14. The van der Waals surface area contributed by atoms with E-state index in [9.17, 15) is 4.79 Å². The van der Waals surface area contributed by atoms with Crippen LogP contribution in [0.15, 0.2) is 53.1 Å². The molecule has 0 spiro atoms. The molecule has 0 aliphatic carbocycles. The summed E-state index contributed by atoms with van der Waals surface area (Å²) in [7, 11) is 0. The molecule has 0 saturated carbocycles. The Morgan fingerprint density at radius 3 is 2.55 bits per heavy atom. The number of hydrogen-bond acceptors (Lipinski definition) is 5. The molecule has 1 saturated heterocycles. The second-order valence-corrected chi connectivity index (χ2v) is 7.26. The van der Waals surface area contributed by atoms with Gasteiger partial charge in [-0.15, -0.1) is 0 Å². The Balaban J connectivity index is 1.33. The largest absolute Gasteiger partial charge is 0.368 e. The van der Waals surface area contributed by atoms with Crippen molar-refractivity contribution in [3.63, 3.8) is 0 Å². The van der Waals surface area contributed by atoms with Crippen LogP contribution in [0.1, 0.15) is 12.8 Å². The van der Waals surface area contributed by atoms with Crippen LogP contribution < -0.4 is 10.2 Å². The molecule has 3 aromatic rings. The minimum atomic E-state index is -0.101. The van der Waals surface area contributed by atoms with E-state index in [0.29, 0.717) is 31.2 Å². The van der Waals surface area contributed by atoms with E-state index in [4.69, 9.17) is 16.1 Å². The van der Waals surface area contributed by atoms with Crippen molar-refractivity contribution >= 4 is 29.0 Å². The Hall–Kier alpha value is -3.06. The van der Waals surface area contributed by atoms with Gasteiger partial charge < -0.3 is 19.6 Å². The number of halogens is 1. The average molecular weight is 412 g/mol. The molecule has 8 heteroatoms. The predicted octanol–water partition coefficient (Wildman–Crippen LogP) is 4.31. The first kappa shape index (κ1) is 19.3. The zero-order valence-electron chi connectivity index (χ0n) is 16.1. The number of carbonyl (C=O) groups is 1. The molecule has 0 atom stereocenters. The van der Waals surface area contributed by atoms with Crippen molar-refractivity contribution in [1.29, 1.82) is 0 Å². The highest BCUT2D eigenvalue weighted by molar-refractivity contribution is 6.30. The quantitative estimate of drug-likeness (QED) is 0.692. The number of urea groups is 1. The van der Waals surface area contributed by atoms with Gasteiger partial charge in [0.05, 0.1) is 0 Å². The molecule has 29 heavy (non-hydrogen) atoms. The predicted molar refractivity (Wildman–Crippen MR) is 113 cm³/mol. The first-order chi connectivity index (χ1) is 14.1. The Kier molecular flexibility index (Phi) is 5.67. The van der Waals surface area contributed by atoms with Gasteiger partial charge in [0, 0.05) is 54.6 Å². The fourth-order valence-electron chi connectivity index (χ4n) is 3.26. The number of piperazine rings is 1. The van der Waals surface area contributed by atoms with E-state index >= 15 is 0 Å². The molecule has 0 bridgehead atoms. The summed E-state index contributed by atoms with van der Waals surface area (Å²) in [4.78, 5) is 21.0. The van der Waals surface area contributed by atoms with Crippen molar-refractivity contribution in [2.75, 3.05) is 36.4 Å². The summed E-state index contributed by atoms with van der Waals surface area (Å²) in [5.74, 6) is 1.16. The molecular weight excluding hydrogens is 390 g/mol. The van der Waals surface area contributed by atoms with E-state index in [1.54, 1.807) is 0 Å². The normalized spacial score (nSPS) is 14.1. The van der Waals surface area contributed by atoms with Crippen LogP contribution in [-0.4, -0.2) is 47.3 Å². The SMILES string of the molecule is CCc1nc(-c2ccc(NC(=O)N3CCN(c4cccc(Cl)c4)CC3)cc2)no1. The number of aryl methyl sites for hydroxylation is 1. The number of nitrogens with zero attached hydrogens (tertiary/aromatic N) is 4. The lowest BCUT2D eigenvalue weighted by molar-refractivity contribution is 0.208. The van der Waals surface area contributed by atoms with Gasteiger partial charge in [-0.1, -0.05) is 29.7 Å². The lowest BCUT2D eigenvalue weighted by Gasteiger charge is -2.36. The third kappa shape index (κ3) is 4.51. The Labute approximate surface area is 174 Å². The van der Waals surface area contributed by atoms with Gasteiger partial charge in [-0.3, -0.25) is 0 Å². The maximum Gasteiger partial charge on any atom is 0.321 e. The molecule has 4 rings (SSSR count). The molecule has 1 N–H and O–H groups in total. The summed E-state index contributed by atoms with van der Waals surface area (Å²) >= 11 is 6.08. The number of carbonyl (C=O) groups excluding carboxylic acids is 1. The third-order valence-electron chi connectivity index (χ3n) is 4.91. The third-order valence-corrected chi connectivity index (χ3v) is 5.14. The maximum atomic E-state index is 12.6. The van der Waals surface area contributed by atoms with Crippen molar-refractivity contribution in [3.8, 4) is 11.4 Å². The lowest BCUT2D eigenvalue weighted by atomic mass is 10.2. The summed E-state index contributed by atoms with van der Waals surface area (Å²) in [5.41, 5.74) is 2.66. The number of rotatable bonds is 4. The highest BCUT2D eigenvalue weighted by atomic mass is 35.5. The molecule has 2 aromatic carbocycles. The number of aromatic nitrogens is 2. The van der Waals surface area contributed by atoms with Gasteiger partial charge in [0.15, 0.2) is 0 Å². The van der Waals surface area contributed by atoms with Crippen LogP contribution in [-0.2, 0) is 6.42 Å². The van der Waals surface area contributed by atoms with Crippen molar-refractivity contribution in [2.45, 2.75) is 13.3 Å². The van der Waals surface area contributed by atoms with Crippen LogP contribution in [0.4, 0.5) is 16.2 Å². The van der Waals surface area contributed by atoms with Crippen molar-refractivity contribution in [3.05, 3.63) is 59.4 Å². The van der Waals surface area contributed by atoms with Gasteiger partial charge in [-0.2, -0.15) is 4.98 Å². The lowest BCUT2D eigenvalue weighted by Crippen LogP contribution is -2.50. The molecule has 2 amide bonds.